The smallest absolute Gasteiger partial charge is 0.342 e. The number of aryl methyl sites for hydroxylation is 1. The minimum atomic E-state index is -0.390. The Hall–Kier alpha value is -2.01. The topological polar surface area (TPSA) is 62.9 Å². The minimum absolute atomic E-state index is 0.213. The molecule has 1 N–H and O–H groups in total. The average Bonchev–Trinajstić information content (AvgIpc) is 3.02. The number of carbonyl (C=O) groups excluding carboxylic acids is 1. The number of benzene rings is 1. The van der Waals surface area contributed by atoms with E-state index in [1.165, 1.54) is 12.8 Å². The first-order chi connectivity index (χ1) is 13.1. The number of aromatic hydroxyl groups is 1. The van der Waals surface area contributed by atoms with Crippen molar-refractivity contribution in [3.63, 3.8) is 0 Å². The molecule has 5 nitrogen and oxygen atoms in total. The maximum Gasteiger partial charge on any atom is 0.342 e. The first kappa shape index (κ1) is 19.3. The normalized spacial score (nSPS) is 26.7. The molecule has 2 aromatic rings. The van der Waals surface area contributed by atoms with Gasteiger partial charge in [-0.25, -0.2) is 4.79 Å². The number of hydrogen-bond donors (Lipinski definition) is 1. The van der Waals surface area contributed by atoms with Crippen molar-refractivity contribution >= 4 is 16.9 Å². The Morgan fingerprint density at radius 1 is 1.32 bits per heavy atom. The summed E-state index contributed by atoms with van der Waals surface area (Å²) in [5.41, 5.74) is 2.49. The maximum absolute atomic E-state index is 12.6. The molecule has 1 aromatic carbocycles. The van der Waals surface area contributed by atoms with E-state index in [4.69, 9.17) is 9.15 Å². The molecule has 1 saturated heterocycles. The van der Waals surface area contributed by atoms with E-state index in [-0.39, 0.29) is 11.7 Å². The van der Waals surface area contributed by atoms with Crippen LogP contribution in [0.5, 0.6) is 5.75 Å². The molecule has 1 aliphatic heterocycles. The predicted molar refractivity (Wildman–Crippen MR) is 109 cm³/mol. The third-order valence-electron chi connectivity index (χ3n) is 6.48. The first-order valence-electron chi connectivity index (χ1n) is 10.3. The van der Waals surface area contributed by atoms with Crippen LogP contribution in [0, 0.1) is 17.8 Å². The van der Waals surface area contributed by atoms with Gasteiger partial charge in [-0.15, -0.1) is 0 Å². The summed E-state index contributed by atoms with van der Waals surface area (Å²) in [6.45, 7) is 12.6. The summed E-state index contributed by atoms with van der Waals surface area (Å²) in [6.07, 6.45) is 3.58. The summed E-state index contributed by atoms with van der Waals surface area (Å²) in [7, 11) is 0. The predicted octanol–water partition coefficient (Wildman–Crippen LogP) is 5.02. The third kappa shape index (κ3) is 3.20. The fraction of sp³-hybridized carbons (Fsp3) is 0.609. The van der Waals surface area contributed by atoms with Crippen molar-refractivity contribution < 1.29 is 19.1 Å². The van der Waals surface area contributed by atoms with Crippen molar-refractivity contribution in [1.29, 1.82) is 0 Å². The second kappa shape index (κ2) is 6.51. The van der Waals surface area contributed by atoms with E-state index in [0.29, 0.717) is 52.3 Å². The number of rotatable bonds is 4. The van der Waals surface area contributed by atoms with Crippen LogP contribution in [0.4, 0.5) is 0 Å². The molecule has 5 heteroatoms. The van der Waals surface area contributed by atoms with E-state index in [2.05, 4.69) is 25.7 Å². The summed E-state index contributed by atoms with van der Waals surface area (Å²) in [6, 6.07) is 3.91. The lowest BCUT2D eigenvalue weighted by Gasteiger charge is -2.40. The highest BCUT2D eigenvalue weighted by molar-refractivity contribution is 6.06. The number of hydrogen-bond acceptors (Lipinski definition) is 5. The van der Waals surface area contributed by atoms with E-state index < -0.39 is 0 Å². The zero-order chi connectivity index (χ0) is 20.3. The Morgan fingerprint density at radius 3 is 2.79 bits per heavy atom. The van der Waals surface area contributed by atoms with E-state index in [1.807, 2.05) is 0 Å². The molecule has 0 spiro atoms. The molecule has 0 amide bonds. The van der Waals surface area contributed by atoms with Crippen LogP contribution in [-0.2, 0) is 11.3 Å². The van der Waals surface area contributed by atoms with Gasteiger partial charge in [-0.2, -0.15) is 0 Å². The van der Waals surface area contributed by atoms with E-state index in [9.17, 15) is 9.90 Å². The largest absolute Gasteiger partial charge is 0.508 e. The molecule has 1 saturated carbocycles. The van der Waals surface area contributed by atoms with Crippen molar-refractivity contribution in [3.8, 4) is 5.75 Å². The molecule has 1 aliphatic carbocycles. The maximum atomic E-state index is 12.6. The summed E-state index contributed by atoms with van der Waals surface area (Å²) in [5.74, 6) is 0.358. The highest BCUT2D eigenvalue weighted by Crippen LogP contribution is 2.53. The van der Waals surface area contributed by atoms with Gasteiger partial charge in [0.2, 0.25) is 0 Å². The van der Waals surface area contributed by atoms with Gasteiger partial charge in [-0.3, -0.25) is 4.90 Å². The van der Waals surface area contributed by atoms with Crippen molar-refractivity contribution in [2.45, 2.75) is 66.5 Å². The van der Waals surface area contributed by atoms with Crippen LogP contribution in [0.25, 0.3) is 11.0 Å². The Kier molecular flexibility index (Phi) is 4.49. The minimum Gasteiger partial charge on any atom is -0.508 e. The summed E-state index contributed by atoms with van der Waals surface area (Å²) < 4.78 is 11.1. The third-order valence-corrected chi connectivity index (χ3v) is 6.48. The number of phenolic OH excluding ortho intramolecular Hbond substituents is 1. The number of ether oxygens (including phenoxy) is 1. The first-order valence-corrected chi connectivity index (χ1v) is 10.3. The van der Waals surface area contributed by atoms with E-state index >= 15 is 0 Å². The Bertz CT molecular complexity index is 928. The van der Waals surface area contributed by atoms with Gasteiger partial charge in [0.1, 0.15) is 22.7 Å². The molecule has 152 valence electrons. The number of likely N-dealkylation sites (tertiary alicyclic amines) is 1. The summed E-state index contributed by atoms with van der Waals surface area (Å²) in [4.78, 5) is 15.1. The fourth-order valence-corrected chi connectivity index (χ4v) is 5.94. The number of furan rings is 1. The molecule has 2 heterocycles. The number of carbonyl (C=O) groups is 1. The van der Waals surface area contributed by atoms with E-state index in [1.54, 1.807) is 26.0 Å². The zero-order valence-corrected chi connectivity index (χ0v) is 17.6. The molecule has 0 unspecified atom stereocenters. The van der Waals surface area contributed by atoms with Gasteiger partial charge in [0.05, 0.1) is 6.61 Å². The van der Waals surface area contributed by atoms with Gasteiger partial charge < -0.3 is 14.3 Å². The number of esters is 1. The molecule has 2 bridgehead atoms. The van der Waals surface area contributed by atoms with Gasteiger partial charge >= 0.3 is 5.97 Å². The van der Waals surface area contributed by atoms with Crippen molar-refractivity contribution in [1.82, 2.24) is 4.90 Å². The van der Waals surface area contributed by atoms with Crippen molar-refractivity contribution in [2.75, 3.05) is 13.2 Å². The van der Waals surface area contributed by atoms with Crippen LogP contribution >= 0.6 is 0 Å². The Balaban J connectivity index is 1.75. The standard InChI is InChI=1S/C23H31NO4/c1-6-27-21(26)19-14(2)28-18-8-7-17(25)16(20(18)19)11-24-13-23(5)10-15(24)9-22(3,4)12-23/h7-8,15,25H,6,9-13H2,1-5H3/t15-,23+/m1/s1. The molecule has 1 aromatic heterocycles. The zero-order valence-electron chi connectivity index (χ0n) is 17.6. The van der Waals surface area contributed by atoms with Crippen LogP contribution in [-0.4, -0.2) is 35.2 Å². The molecular weight excluding hydrogens is 354 g/mol. The molecule has 2 aliphatic rings. The highest BCUT2D eigenvalue weighted by atomic mass is 16.5. The molecule has 0 radical (unpaired) electrons. The SMILES string of the molecule is CCOC(=O)c1c(C)oc2ccc(O)c(CN3C[C@@]4(C)C[C@H]3CC(C)(C)C4)c12. The summed E-state index contributed by atoms with van der Waals surface area (Å²) in [5, 5.41) is 11.4. The number of fused-ring (bicyclic) bond motifs is 3. The van der Waals surface area contributed by atoms with E-state index in [0.717, 1.165) is 18.5 Å². The summed E-state index contributed by atoms with van der Waals surface area (Å²) >= 11 is 0. The van der Waals surface area contributed by atoms with Gasteiger partial charge in [0.15, 0.2) is 0 Å². The van der Waals surface area contributed by atoms with Gasteiger partial charge in [-0.1, -0.05) is 20.8 Å². The average molecular weight is 386 g/mol. The molecule has 28 heavy (non-hydrogen) atoms. The van der Waals surface area contributed by atoms with Crippen LogP contribution in [0.2, 0.25) is 0 Å². The van der Waals surface area contributed by atoms with Gasteiger partial charge in [0, 0.05) is 30.1 Å². The Morgan fingerprint density at radius 2 is 2.07 bits per heavy atom. The number of phenols is 1. The fourth-order valence-electron chi connectivity index (χ4n) is 5.94. The van der Waals surface area contributed by atoms with Gasteiger partial charge in [0.25, 0.3) is 0 Å². The lowest BCUT2D eigenvalue weighted by Crippen LogP contribution is -2.34. The quantitative estimate of drug-likeness (QED) is 0.749. The van der Waals surface area contributed by atoms with Crippen LogP contribution in [0.15, 0.2) is 16.5 Å². The van der Waals surface area contributed by atoms with Crippen LogP contribution < -0.4 is 0 Å². The van der Waals surface area contributed by atoms with Crippen molar-refractivity contribution in [3.05, 3.63) is 29.0 Å². The van der Waals surface area contributed by atoms with Crippen LogP contribution in [0.3, 0.4) is 0 Å². The van der Waals surface area contributed by atoms with Gasteiger partial charge in [-0.05, 0) is 56.1 Å². The van der Waals surface area contributed by atoms with Crippen LogP contribution in [0.1, 0.15) is 68.6 Å². The highest BCUT2D eigenvalue weighted by Gasteiger charge is 2.49. The molecule has 2 fully saturated rings. The molecule has 2 atom stereocenters. The van der Waals surface area contributed by atoms with Crippen molar-refractivity contribution in [2.24, 2.45) is 10.8 Å². The Labute approximate surface area is 166 Å². The monoisotopic (exact) mass is 385 g/mol. The number of nitrogens with zero attached hydrogens (tertiary/aromatic N) is 1. The lowest BCUT2D eigenvalue weighted by molar-refractivity contribution is 0.0526. The lowest BCUT2D eigenvalue weighted by atomic mass is 9.65. The molecule has 4 rings (SSSR count). The molecular formula is C23H31NO4. The second-order valence-electron chi connectivity index (χ2n) is 9.81. The second-order valence-corrected chi connectivity index (χ2v) is 9.81.